The zero-order valence-corrected chi connectivity index (χ0v) is 10.2. The summed E-state index contributed by atoms with van der Waals surface area (Å²) in [6.45, 7) is 2.57. The van der Waals surface area contributed by atoms with E-state index < -0.39 is 5.97 Å². The molecule has 4 heteroatoms. The summed E-state index contributed by atoms with van der Waals surface area (Å²) in [7, 11) is 1.34. The Morgan fingerprint density at radius 1 is 1.47 bits per heavy atom. The van der Waals surface area contributed by atoms with E-state index in [0.29, 0.717) is 29.5 Å². The van der Waals surface area contributed by atoms with E-state index in [0.717, 1.165) is 5.56 Å². The molecule has 1 aliphatic carbocycles. The van der Waals surface area contributed by atoms with E-state index in [1.165, 1.54) is 20.0 Å². The molecule has 0 aliphatic heterocycles. The molecule has 17 heavy (non-hydrogen) atoms. The van der Waals surface area contributed by atoms with Gasteiger partial charge in [-0.3, -0.25) is 0 Å². The van der Waals surface area contributed by atoms with Crippen molar-refractivity contribution in [2.45, 2.75) is 19.8 Å². The summed E-state index contributed by atoms with van der Waals surface area (Å²) < 4.78 is 10.3. The molecular formula is C13H17NO3. The van der Waals surface area contributed by atoms with Crippen LogP contribution < -0.4 is 10.5 Å². The van der Waals surface area contributed by atoms with E-state index in [-0.39, 0.29) is 0 Å². The molecule has 0 aromatic heterocycles. The van der Waals surface area contributed by atoms with Gasteiger partial charge in [-0.2, -0.15) is 0 Å². The van der Waals surface area contributed by atoms with Gasteiger partial charge >= 0.3 is 5.97 Å². The molecule has 1 saturated carbocycles. The van der Waals surface area contributed by atoms with Crippen molar-refractivity contribution in [1.29, 1.82) is 0 Å². The topological polar surface area (TPSA) is 61.5 Å². The predicted octanol–water partition coefficient (Wildman–Crippen LogP) is 2.15. The van der Waals surface area contributed by atoms with Gasteiger partial charge in [0.2, 0.25) is 0 Å². The molecule has 0 amide bonds. The van der Waals surface area contributed by atoms with Crippen LogP contribution in [0.4, 0.5) is 5.69 Å². The summed E-state index contributed by atoms with van der Waals surface area (Å²) in [6.07, 6.45) is 2.47. The Morgan fingerprint density at radius 2 is 2.18 bits per heavy atom. The van der Waals surface area contributed by atoms with E-state index in [1.54, 1.807) is 6.07 Å². The second-order valence-corrected chi connectivity index (χ2v) is 4.45. The molecule has 0 saturated heterocycles. The van der Waals surface area contributed by atoms with Crippen molar-refractivity contribution < 1.29 is 14.3 Å². The number of hydrogen-bond donors (Lipinski definition) is 1. The van der Waals surface area contributed by atoms with Gasteiger partial charge in [-0.15, -0.1) is 0 Å². The van der Waals surface area contributed by atoms with E-state index in [9.17, 15) is 4.79 Å². The van der Waals surface area contributed by atoms with Gasteiger partial charge < -0.3 is 15.2 Å². The standard InChI is InChI=1S/C13H17NO3/c1-8-5-10(17-7-9-3-4-9)6-11(12(8)14)13(15)16-2/h5-6,9H,3-4,7,14H2,1-2H3. The van der Waals surface area contributed by atoms with Crippen molar-refractivity contribution >= 4 is 11.7 Å². The van der Waals surface area contributed by atoms with Crippen molar-refractivity contribution in [1.82, 2.24) is 0 Å². The van der Waals surface area contributed by atoms with Crippen LogP contribution >= 0.6 is 0 Å². The summed E-state index contributed by atoms with van der Waals surface area (Å²) in [5.41, 5.74) is 7.50. The third-order valence-electron chi connectivity index (χ3n) is 2.95. The Hall–Kier alpha value is -1.71. The molecule has 1 aromatic rings. The first-order chi connectivity index (χ1) is 8.11. The molecule has 0 unspecified atom stereocenters. The van der Waals surface area contributed by atoms with Gasteiger partial charge in [0.1, 0.15) is 5.75 Å². The van der Waals surface area contributed by atoms with Crippen LogP contribution in [-0.4, -0.2) is 19.7 Å². The van der Waals surface area contributed by atoms with Crippen molar-refractivity contribution in [2.75, 3.05) is 19.5 Å². The number of hydrogen-bond acceptors (Lipinski definition) is 4. The summed E-state index contributed by atoms with van der Waals surface area (Å²) in [6, 6.07) is 3.50. The maximum absolute atomic E-state index is 11.5. The number of ether oxygens (including phenoxy) is 2. The highest BCUT2D eigenvalue weighted by Gasteiger charge is 2.22. The van der Waals surface area contributed by atoms with Gasteiger partial charge in [0.05, 0.1) is 19.3 Å². The van der Waals surface area contributed by atoms with Crippen LogP contribution in [0.5, 0.6) is 5.75 Å². The second-order valence-electron chi connectivity index (χ2n) is 4.45. The second kappa shape index (κ2) is 4.65. The number of esters is 1. The van der Waals surface area contributed by atoms with E-state index in [2.05, 4.69) is 0 Å². The third kappa shape index (κ3) is 2.70. The van der Waals surface area contributed by atoms with Crippen LogP contribution in [0.1, 0.15) is 28.8 Å². The first-order valence-electron chi connectivity index (χ1n) is 5.73. The van der Waals surface area contributed by atoms with Gasteiger partial charge in [0.25, 0.3) is 0 Å². The maximum Gasteiger partial charge on any atom is 0.340 e. The summed E-state index contributed by atoms with van der Waals surface area (Å²) in [4.78, 5) is 11.5. The predicted molar refractivity (Wildman–Crippen MR) is 65.1 cm³/mol. The van der Waals surface area contributed by atoms with Crippen LogP contribution in [0.25, 0.3) is 0 Å². The average Bonchev–Trinajstić information content (AvgIpc) is 3.13. The Balaban J connectivity index is 2.20. The summed E-state index contributed by atoms with van der Waals surface area (Å²) >= 11 is 0. The Morgan fingerprint density at radius 3 is 2.76 bits per heavy atom. The van der Waals surface area contributed by atoms with Crippen molar-refractivity contribution in [3.8, 4) is 5.75 Å². The molecule has 0 spiro atoms. The molecule has 0 bridgehead atoms. The Bertz CT molecular complexity index is 439. The molecule has 0 atom stereocenters. The fourth-order valence-electron chi connectivity index (χ4n) is 1.63. The number of nitrogens with two attached hydrogens (primary N) is 1. The molecule has 1 fully saturated rings. The van der Waals surface area contributed by atoms with Crippen molar-refractivity contribution in [3.05, 3.63) is 23.3 Å². The minimum atomic E-state index is -0.428. The first kappa shape index (κ1) is 11.8. The Labute approximate surface area is 101 Å². The third-order valence-corrected chi connectivity index (χ3v) is 2.95. The number of anilines is 1. The number of benzene rings is 1. The van der Waals surface area contributed by atoms with Crippen LogP contribution in [0.15, 0.2) is 12.1 Å². The minimum absolute atomic E-state index is 0.373. The molecule has 1 aliphatic rings. The molecule has 2 N–H and O–H groups in total. The lowest BCUT2D eigenvalue weighted by Crippen LogP contribution is -2.08. The number of carbonyl (C=O) groups is 1. The molecule has 0 radical (unpaired) electrons. The highest BCUT2D eigenvalue weighted by molar-refractivity contribution is 5.96. The SMILES string of the molecule is COC(=O)c1cc(OCC2CC2)cc(C)c1N. The van der Waals surface area contributed by atoms with Crippen molar-refractivity contribution in [3.63, 3.8) is 0 Å². The van der Waals surface area contributed by atoms with Crippen molar-refractivity contribution in [2.24, 2.45) is 5.92 Å². The summed E-state index contributed by atoms with van der Waals surface area (Å²) in [5.74, 6) is 0.931. The highest BCUT2D eigenvalue weighted by atomic mass is 16.5. The van der Waals surface area contributed by atoms with E-state index >= 15 is 0 Å². The number of rotatable bonds is 4. The maximum atomic E-state index is 11.5. The average molecular weight is 235 g/mol. The molecule has 92 valence electrons. The van der Waals surface area contributed by atoms with Crippen LogP contribution in [0.3, 0.4) is 0 Å². The lowest BCUT2D eigenvalue weighted by Gasteiger charge is -2.11. The van der Waals surface area contributed by atoms with E-state index in [4.69, 9.17) is 15.2 Å². The largest absolute Gasteiger partial charge is 0.493 e. The van der Waals surface area contributed by atoms with Gasteiger partial charge in [-0.25, -0.2) is 4.79 Å². The molecule has 0 heterocycles. The zero-order valence-electron chi connectivity index (χ0n) is 10.2. The first-order valence-corrected chi connectivity index (χ1v) is 5.73. The highest BCUT2D eigenvalue weighted by Crippen LogP contribution is 2.31. The van der Waals surface area contributed by atoms with Crippen LogP contribution in [0, 0.1) is 12.8 Å². The molecular weight excluding hydrogens is 218 g/mol. The molecule has 4 nitrogen and oxygen atoms in total. The lowest BCUT2D eigenvalue weighted by atomic mass is 10.1. The van der Waals surface area contributed by atoms with Gasteiger partial charge in [-0.05, 0) is 43.4 Å². The number of methoxy groups -OCH3 is 1. The molecule has 1 aromatic carbocycles. The lowest BCUT2D eigenvalue weighted by molar-refractivity contribution is 0.0601. The summed E-state index contributed by atoms with van der Waals surface area (Å²) in [5, 5.41) is 0. The fourth-order valence-corrected chi connectivity index (χ4v) is 1.63. The number of nitrogen functional groups attached to an aromatic ring is 1. The molecule has 2 rings (SSSR count). The minimum Gasteiger partial charge on any atom is -0.493 e. The van der Waals surface area contributed by atoms with Crippen LogP contribution in [-0.2, 0) is 4.74 Å². The smallest absolute Gasteiger partial charge is 0.340 e. The quantitative estimate of drug-likeness (QED) is 0.641. The number of carbonyl (C=O) groups excluding carboxylic acids is 1. The normalized spacial score (nSPS) is 14.5. The van der Waals surface area contributed by atoms with Crippen LogP contribution in [0.2, 0.25) is 0 Å². The number of aryl methyl sites for hydroxylation is 1. The van der Waals surface area contributed by atoms with Gasteiger partial charge in [0, 0.05) is 5.69 Å². The Kier molecular flexibility index (Phi) is 3.22. The fraction of sp³-hybridized carbons (Fsp3) is 0.462. The van der Waals surface area contributed by atoms with E-state index in [1.807, 2.05) is 13.0 Å². The zero-order chi connectivity index (χ0) is 12.4. The van der Waals surface area contributed by atoms with Gasteiger partial charge in [0.15, 0.2) is 0 Å². The monoisotopic (exact) mass is 235 g/mol. The van der Waals surface area contributed by atoms with Gasteiger partial charge in [-0.1, -0.05) is 0 Å².